The average Bonchev–Trinajstić information content (AvgIpc) is 2.91. The van der Waals surface area contributed by atoms with E-state index < -0.39 is 0 Å². The molecular formula is C15H18N2O3. The Kier molecular flexibility index (Phi) is 4.72. The first-order valence-electron chi connectivity index (χ1n) is 6.60. The quantitative estimate of drug-likeness (QED) is 0.877. The highest BCUT2D eigenvalue weighted by atomic mass is 16.5. The normalized spacial score (nSPS) is 21.8. The Labute approximate surface area is 118 Å². The van der Waals surface area contributed by atoms with Crippen LogP contribution in [-0.2, 0) is 16.0 Å². The smallest absolute Gasteiger partial charge is 0.227 e. The molecule has 1 fully saturated rings. The third-order valence-corrected chi connectivity index (χ3v) is 3.68. The van der Waals surface area contributed by atoms with Crippen molar-refractivity contribution >= 4 is 5.91 Å². The van der Waals surface area contributed by atoms with Crippen LogP contribution in [-0.4, -0.2) is 48.3 Å². The highest BCUT2D eigenvalue weighted by molar-refractivity contribution is 5.79. The fourth-order valence-electron chi connectivity index (χ4n) is 2.50. The van der Waals surface area contributed by atoms with Crippen LogP contribution in [0.4, 0.5) is 0 Å². The van der Waals surface area contributed by atoms with Gasteiger partial charge in [-0.15, -0.1) is 0 Å². The van der Waals surface area contributed by atoms with Gasteiger partial charge in [0.05, 0.1) is 36.8 Å². The van der Waals surface area contributed by atoms with Gasteiger partial charge in [-0.1, -0.05) is 12.1 Å². The van der Waals surface area contributed by atoms with E-state index in [9.17, 15) is 9.90 Å². The van der Waals surface area contributed by atoms with Crippen LogP contribution < -0.4 is 0 Å². The fraction of sp³-hybridized carbons (Fsp3) is 0.467. The molecule has 0 aliphatic carbocycles. The van der Waals surface area contributed by atoms with Gasteiger partial charge >= 0.3 is 0 Å². The number of nitriles is 1. The van der Waals surface area contributed by atoms with Crippen molar-refractivity contribution in [2.24, 2.45) is 0 Å². The molecule has 1 amide bonds. The third kappa shape index (κ3) is 3.16. The molecule has 2 rings (SSSR count). The minimum absolute atomic E-state index is 0.00272. The van der Waals surface area contributed by atoms with E-state index >= 15 is 0 Å². The van der Waals surface area contributed by atoms with Crippen LogP contribution in [0.15, 0.2) is 24.3 Å². The fourth-order valence-corrected chi connectivity index (χ4v) is 2.50. The van der Waals surface area contributed by atoms with Crippen LogP contribution in [0.25, 0.3) is 0 Å². The highest BCUT2D eigenvalue weighted by Crippen LogP contribution is 2.21. The highest BCUT2D eigenvalue weighted by Gasteiger charge is 2.34. The van der Waals surface area contributed by atoms with Crippen molar-refractivity contribution in [3.63, 3.8) is 0 Å². The zero-order valence-corrected chi connectivity index (χ0v) is 11.5. The Morgan fingerprint density at radius 3 is 2.75 bits per heavy atom. The summed E-state index contributed by atoms with van der Waals surface area (Å²) < 4.78 is 5.26. The summed E-state index contributed by atoms with van der Waals surface area (Å²) in [6.45, 7) is 0.482. The van der Waals surface area contributed by atoms with E-state index in [0.717, 1.165) is 5.56 Å². The molecule has 5 nitrogen and oxygen atoms in total. The van der Waals surface area contributed by atoms with E-state index in [4.69, 9.17) is 10.00 Å². The first kappa shape index (κ1) is 14.5. The Morgan fingerprint density at radius 2 is 2.20 bits per heavy atom. The molecule has 2 atom stereocenters. The zero-order chi connectivity index (χ0) is 14.5. The van der Waals surface area contributed by atoms with Gasteiger partial charge in [0.1, 0.15) is 0 Å². The molecule has 1 N–H and O–H groups in total. The van der Waals surface area contributed by atoms with E-state index in [2.05, 4.69) is 0 Å². The summed E-state index contributed by atoms with van der Waals surface area (Å²) in [6.07, 6.45) is 0.946. The van der Waals surface area contributed by atoms with E-state index in [1.54, 1.807) is 36.3 Å². The lowest BCUT2D eigenvalue weighted by Crippen LogP contribution is -2.38. The summed E-state index contributed by atoms with van der Waals surface area (Å²) in [7, 11) is 1.62. The molecule has 1 heterocycles. The van der Waals surface area contributed by atoms with Crippen LogP contribution in [0, 0.1) is 11.3 Å². The summed E-state index contributed by atoms with van der Waals surface area (Å²) in [6, 6.07) is 8.86. The van der Waals surface area contributed by atoms with Crippen LogP contribution >= 0.6 is 0 Å². The van der Waals surface area contributed by atoms with Crippen molar-refractivity contribution < 1.29 is 14.6 Å². The SMILES string of the molecule is CO[C@@H]1C[C@@H](CO)N(C(=O)Cc2ccc(C#N)cc2)C1. The second kappa shape index (κ2) is 6.51. The largest absolute Gasteiger partial charge is 0.394 e. The van der Waals surface area contributed by atoms with Gasteiger partial charge in [0.2, 0.25) is 5.91 Å². The maximum atomic E-state index is 12.3. The number of amides is 1. The number of carbonyl (C=O) groups excluding carboxylic acids is 1. The average molecular weight is 274 g/mol. The monoisotopic (exact) mass is 274 g/mol. The molecular weight excluding hydrogens is 256 g/mol. The number of methoxy groups -OCH3 is 1. The zero-order valence-electron chi connectivity index (χ0n) is 11.5. The Hall–Kier alpha value is -1.90. The second-order valence-corrected chi connectivity index (χ2v) is 4.96. The van der Waals surface area contributed by atoms with E-state index in [1.807, 2.05) is 6.07 Å². The molecule has 0 aromatic heterocycles. The van der Waals surface area contributed by atoms with Gasteiger partial charge in [0.15, 0.2) is 0 Å². The molecule has 1 aromatic carbocycles. The Balaban J connectivity index is 2.01. The number of aliphatic hydroxyl groups is 1. The van der Waals surface area contributed by atoms with Crippen LogP contribution in [0.1, 0.15) is 17.5 Å². The molecule has 106 valence electrons. The predicted octanol–water partition coefficient (Wildman–Crippen LogP) is 0.709. The lowest BCUT2D eigenvalue weighted by molar-refractivity contribution is -0.132. The standard InChI is InChI=1S/C15H18N2O3/c1-20-14-7-13(10-18)17(9-14)15(19)6-11-2-4-12(8-16)5-3-11/h2-5,13-14,18H,6-7,9-10H2,1H3/t13-,14+/m0/s1. The van der Waals surface area contributed by atoms with E-state index in [-0.39, 0.29) is 31.1 Å². The number of hydrogen-bond acceptors (Lipinski definition) is 4. The molecule has 0 spiro atoms. The number of benzene rings is 1. The molecule has 1 aliphatic heterocycles. The number of rotatable bonds is 4. The maximum absolute atomic E-state index is 12.3. The predicted molar refractivity (Wildman–Crippen MR) is 72.9 cm³/mol. The lowest BCUT2D eigenvalue weighted by atomic mass is 10.1. The molecule has 0 bridgehead atoms. The van der Waals surface area contributed by atoms with Crippen LogP contribution in [0.2, 0.25) is 0 Å². The number of hydrogen-bond donors (Lipinski definition) is 1. The third-order valence-electron chi connectivity index (χ3n) is 3.68. The summed E-state index contributed by atoms with van der Waals surface area (Å²) in [5.74, 6) is -0.0201. The number of carbonyl (C=O) groups is 1. The minimum Gasteiger partial charge on any atom is -0.394 e. The number of nitrogens with zero attached hydrogens (tertiary/aromatic N) is 2. The molecule has 20 heavy (non-hydrogen) atoms. The number of likely N-dealkylation sites (tertiary alicyclic amines) is 1. The van der Waals surface area contributed by atoms with Gasteiger partial charge in [-0.25, -0.2) is 0 Å². The lowest BCUT2D eigenvalue weighted by Gasteiger charge is -2.22. The Morgan fingerprint density at radius 1 is 1.50 bits per heavy atom. The minimum atomic E-state index is -0.161. The molecule has 0 saturated carbocycles. The van der Waals surface area contributed by atoms with Crippen LogP contribution in [0.5, 0.6) is 0 Å². The number of ether oxygens (including phenoxy) is 1. The molecule has 0 unspecified atom stereocenters. The summed E-state index contributed by atoms with van der Waals surface area (Å²) in [4.78, 5) is 14.0. The van der Waals surface area contributed by atoms with Crippen LogP contribution in [0.3, 0.4) is 0 Å². The topological polar surface area (TPSA) is 73.6 Å². The van der Waals surface area contributed by atoms with Gasteiger partial charge in [-0.2, -0.15) is 5.26 Å². The van der Waals surface area contributed by atoms with Gasteiger partial charge in [0.25, 0.3) is 0 Å². The van der Waals surface area contributed by atoms with Crippen molar-refractivity contribution in [2.75, 3.05) is 20.3 Å². The van der Waals surface area contributed by atoms with Gasteiger partial charge < -0.3 is 14.7 Å². The van der Waals surface area contributed by atoms with Gasteiger partial charge in [0, 0.05) is 13.7 Å². The first-order chi connectivity index (χ1) is 9.67. The molecule has 1 aliphatic rings. The molecule has 1 aromatic rings. The molecule has 5 heteroatoms. The second-order valence-electron chi connectivity index (χ2n) is 4.96. The van der Waals surface area contributed by atoms with Crippen molar-refractivity contribution in [3.8, 4) is 6.07 Å². The van der Waals surface area contributed by atoms with Crippen molar-refractivity contribution in [1.82, 2.24) is 4.90 Å². The maximum Gasteiger partial charge on any atom is 0.227 e. The van der Waals surface area contributed by atoms with E-state index in [1.165, 1.54) is 0 Å². The van der Waals surface area contributed by atoms with Crippen molar-refractivity contribution in [1.29, 1.82) is 5.26 Å². The summed E-state index contributed by atoms with van der Waals surface area (Å²) in [5.41, 5.74) is 1.45. The van der Waals surface area contributed by atoms with Crippen molar-refractivity contribution in [3.05, 3.63) is 35.4 Å². The Bertz CT molecular complexity index is 507. The van der Waals surface area contributed by atoms with Gasteiger partial charge in [-0.3, -0.25) is 4.79 Å². The van der Waals surface area contributed by atoms with Crippen molar-refractivity contribution in [2.45, 2.75) is 25.0 Å². The first-order valence-corrected chi connectivity index (χ1v) is 6.60. The van der Waals surface area contributed by atoms with E-state index in [0.29, 0.717) is 18.5 Å². The summed E-state index contributed by atoms with van der Waals surface area (Å²) >= 11 is 0. The molecule has 1 saturated heterocycles. The van der Waals surface area contributed by atoms with Gasteiger partial charge in [-0.05, 0) is 24.1 Å². The summed E-state index contributed by atoms with van der Waals surface area (Å²) in [5, 5.41) is 18.1. The number of aliphatic hydroxyl groups excluding tert-OH is 1. The molecule has 0 radical (unpaired) electrons.